The van der Waals surface area contributed by atoms with Gasteiger partial charge < -0.3 is 14.5 Å². The molecule has 5 nitrogen and oxygen atoms in total. The summed E-state index contributed by atoms with van der Waals surface area (Å²) in [4.78, 5) is 17.7. The normalized spacial score (nSPS) is 13.4. The highest BCUT2D eigenvalue weighted by Crippen LogP contribution is 2.38. The summed E-state index contributed by atoms with van der Waals surface area (Å²) in [7, 11) is 0. The summed E-state index contributed by atoms with van der Waals surface area (Å²) in [5.74, 6) is 0.669. The number of H-pyrrole nitrogens is 1. The number of nitrogens with one attached hydrogen (secondary N) is 1. The van der Waals surface area contributed by atoms with Crippen molar-refractivity contribution in [1.29, 1.82) is 0 Å². The largest absolute Gasteiger partial charge is 0.454 e. The molecular weight excluding hydrogens is 337 g/mol. The van der Waals surface area contributed by atoms with Crippen LogP contribution >= 0.6 is 11.6 Å². The van der Waals surface area contributed by atoms with Crippen molar-refractivity contribution in [3.8, 4) is 11.5 Å². The summed E-state index contributed by atoms with van der Waals surface area (Å²) in [5, 5.41) is 0.183. The zero-order valence-electron chi connectivity index (χ0n) is 11.8. The Morgan fingerprint density at radius 2 is 1.96 bits per heavy atom. The number of aryl methyl sites for hydroxylation is 1. The third kappa shape index (κ3) is 2.98. The lowest BCUT2D eigenvalue weighted by molar-refractivity contribution is -0.142. The average Bonchev–Trinajstić information content (AvgIpc) is 2.87. The van der Waals surface area contributed by atoms with Gasteiger partial charge in [0.05, 0.1) is 5.56 Å². The van der Waals surface area contributed by atoms with Crippen LogP contribution in [0.3, 0.4) is 0 Å². The van der Waals surface area contributed by atoms with Crippen LogP contribution < -0.4 is 15.0 Å². The molecule has 1 aromatic heterocycles. The van der Waals surface area contributed by atoms with Gasteiger partial charge in [0.15, 0.2) is 17.2 Å². The van der Waals surface area contributed by atoms with Crippen LogP contribution in [0.5, 0.6) is 11.5 Å². The van der Waals surface area contributed by atoms with Gasteiger partial charge in [0.1, 0.15) is 5.82 Å². The Morgan fingerprint density at radius 3 is 2.61 bits per heavy atom. The lowest BCUT2D eigenvalue weighted by Gasteiger charge is -2.13. The van der Waals surface area contributed by atoms with E-state index in [0.29, 0.717) is 17.1 Å². The number of hydrogen-bond donors (Lipinski definition) is 1. The summed E-state index contributed by atoms with van der Waals surface area (Å²) in [6.07, 6.45) is -5.07. The first-order valence-corrected chi connectivity index (χ1v) is 6.88. The molecule has 1 N–H and O–H groups in total. The molecule has 0 saturated carbocycles. The van der Waals surface area contributed by atoms with Crippen LogP contribution in [0.2, 0.25) is 5.02 Å². The minimum absolute atomic E-state index is 0.00951. The Hall–Kier alpha value is -2.22. The Morgan fingerprint density at radius 1 is 1.30 bits per heavy atom. The molecule has 23 heavy (non-hydrogen) atoms. The molecule has 0 spiro atoms. The van der Waals surface area contributed by atoms with Crippen molar-refractivity contribution in [2.75, 3.05) is 6.79 Å². The van der Waals surface area contributed by atoms with Crippen molar-refractivity contribution in [2.45, 2.75) is 19.5 Å². The van der Waals surface area contributed by atoms with Gasteiger partial charge >= 0.3 is 6.18 Å². The van der Waals surface area contributed by atoms with Gasteiger partial charge in [0.2, 0.25) is 6.79 Å². The second-order valence-electron chi connectivity index (χ2n) is 4.95. The summed E-state index contributed by atoms with van der Waals surface area (Å²) in [6, 6.07) is 2.91. The van der Waals surface area contributed by atoms with E-state index in [1.54, 1.807) is 0 Å². The van der Waals surface area contributed by atoms with E-state index in [0.717, 1.165) is 0 Å². The summed E-state index contributed by atoms with van der Waals surface area (Å²) >= 11 is 6.06. The van der Waals surface area contributed by atoms with Crippen molar-refractivity contribution in [3.05, 3.63) is 50.2 Å². The Labute approximate surface area is 133 Å². The molecule has 0 fully saturated rings. The fraction of sp³-hybridized carbons (Fsp3) is 0.286. The van der Waals surface area contributed by atoms with Gasteiger partial charge in [-0.2, -0.15) is 13.2 Å². The number of rotatable bonds is 2. The third-order valence-corrected chi connectivity index (χ3v) is 3.66. The highest BCUT2D eigenvalue weighted by atomic mass is 35.5. The van der Waals surface area contributed by atoms with E-state index in [1.165, 1.54) is 19.1 Å². The van der Waals surface area contributed by atoms with E-state index in [-0.39, 0.29) is 24.1 Å². The number of benzene rings is 1. The van der Waals surface area contributed by atoms with E-state index >= 15 is 0 Å². The highest BCUT2D eigenvalue weighted by Gasteiger charge is 2.37. The summed E-state index contributed by atoms with van der Waals surface area (Å²) in [6.45, 7) is 1.30. The molecule has 1 aromatic carbocycles. The molecule has 3 rings (SSSR count). The maximum absolute atomic E-state index is 13.1. The van der Waals surface area contributed by atoms with Gasteiger partial charge in [-0.15, -0.1) is 0 Å². The maximum Gasteiger partial charge on any atom is 0.433 e. The first-order valence-electron chi connectivity index (χ1n) is 6.50. The lowest BCUT2D eigenvalue weighted by atomic mass is 10.0. The Balaban J connectivity index is 2.09. The van der Waals surface area contributed by atoms with E-state index in [9.17, 15) is 18.0 Å². The van der Waals surface area contributed by atoms with Crippen LogP contribution in [0.15, 0.2) is 16.9 Å². The van der Waals surface area contributed by atoms with Crippen LogP contribution in [-0.4, -0.2) is 16.8 Å². The van der Waals surface area contributed by atoms with Crippen molar-refractivity contribution in [1.82, 2.24) is 9.97 Å². The Bertz CT molecular complexity index is 833. The molecule has 0 radical (unpaired) electrons. The highest BCUT2D eigenvalue weighted by molar-refractivity contribution is 6.31. The van der Waals surface area contributed by atoms with Gasteiger partial charge in [-0.05, 0) is 18.6 Å². The molecule has 1 aliphatic heterocycles. The summed E-state index contributed by atoms with van der Waals surface area (Å²) in [5.41, 5.74) is -2.24. The lowest BCUT2D eigenvalue weighted by Crippen LogP contribution is -2.24. The van der Waals surface area contributed by atoms with Crippen LogP contribution in [0.1, 0.15) is 22.6 Å². The number of hydrogen-bond acceptors (Lipinski definition) is 4. The van der Waals surface area contributed by atoms with E-state index in [4.69, 9.17) is 21.1 Å². The predicted molar refractivity (Wildman–Crippen MR) is 75.0 cm³/mol. The summed E-state index contributed by atoms with van der Waals surface area (Å²) < 4.78 is 49.7. The van der Waals surface area contributed by atoms with E-state index < -0.39 is 23.0 Å². The van der Waals surface area contributed by atoms with Crippen molar-refractivity contribution >= 4 is 11.6 Å². The molecule has 0 saturated heterocycles. The number of aromatic amines is 1. The number of aromatic nitrogens is 2. The van der Waals surface area contributed by atoms with Crippen molar-refractivity contribution < 1.29 is 22.6 Å². The van der Waals surface area contributed by atoms with Gasteiger partial charge in [-0.3, -0.25) is 4.79 Å². The minimum atomic E-state index is -4.74. The quantitative estimate of drug-likeness (QED) is 0.907. The third-order valence-electron chi connectivity index (χ3n) is 3.31. The second kappa shape index (κ2) is 5.45. The van der Waals surface area contributed by atoms with Crippen LogP contribution in [-0.2, 0) is 12.6 Å². The SMILES string of the molecule is Cc1nc(C(F)(F)F)c(Cc2cc3c(cc2Cl)OCO3)c(=O)[nH]1. The smallest absolute Gasteiger partial charge is 0.433 e. The molecule has 0 amide bonds. The molecule has 1 aliphatic rings. The van der Waals surface area contributed by atoms with E-state index in [2.05, 4.69) is 9.97 Å². The topological polar surface area (TPSA) is 64.2 Å². The van der Waals surface area contributed by atoms with Gasteiger partial charge in [-0.25, -0.2) is 4.98 Å². The molecule has 2 aromatic rings. The molecular formula is C14H10ClF3N2O3. The molecule has 9 heteroatoms. The number of halogens is 4. The Kier molecular flexibility index (Phi) is 3.71. The number of fused-ring (bicyclic) bond motifs is 1. The minimum Gasteiger partial charge on any atom is -0.454 e. The fourth-order valence-electron chi connectivity index (χ4n) is 2.29. The molecule has 0 aliphatic carbocycles. The average molecular weight is 347 g/mol. The van der Waals surface area contributed by atoms with Crippen LogP contribution in [0.25, 0.3) is 0 Å². The van der Waals surface area contributed by atoms with E-state index in [1.807, 2.05) is 0 Å². The van der Waals surface area contributed by atoms with Gasteiger partial charge in [0, 0.05) is 17.5 Å². The van der Waals surface area contributed by atoms with Gasteiger partial charge in [-0.1, -0.05) is 11.6 Å². The fourth-order valence-corrected chi connectivity index (χ4v) is 2.51. The number of ether oxygens (including phenoxy) is 2. The van der Waals surface area contributed by atoms with Crippen LogP contribution in [0, 0.1) is 6.92 Å². The predicted octanol–water partition coefficient (Wildman–Crippen LogP) is 3.07. The van der Waals surface area contributed by atoms with Crippen molar-refractivity contribution in [3.63, 3.8) is 0 Å². The second-order valence-corrected chi connectivity index (χ2v) is 5.36. The van der Waals surface area contributed by atoms with Crippen molar-refractivity contribution in [2.24, 2.45) is 0 Å². The standard InChI is InChI=1S/C14H10ClF3N2O3/c1-6-19-12(14(16,17)18)8(13(21)20-6)2-7-3-10-11(4-9(7)15)23-5-22-10/h3-4H,2,5H2,1H3,(H,19,20,21). The molecule has 0 atom stereocenters. The monoisotopic (exact) mass is 346 g/mol. The molecule has 122 valence electrons. The number of alkyl halides is 3. The zero-order chi connectivity index (χ0) is 16.8. The number of nitrogens with zero attached hydrogens (tertiary/aromatic N) is 1. The first-order chi connectivity index (χ1) is 10.8. The maximum atomic E-state index is 13.1. The molecule has 2 heterocycles. The van der Waals surface area contributed by atoms with Gasteiger partial charge in [0.25, 0.3) is 5.56 Å². The first kappa shape index (κ1) is 15.7. The van der Waals surface area contributed by atoms with Crippen LogP contribution in [0.4, 0.5) is 13.2 Å². The zero-order valence-corrected chi connectivity index (χ0v) is 12.5. The molecule has 0 unspecified atom stereocenters. The molecule has 0 bridgehead atoms.